The van der Waals surface area contributed by atoms with Gasteiger partial charge in [-0.15, -0.1) is 0 Å². The van der Waals surface area contributed by atoms with Gasteiger partial charge in [-0.2, -0.15) is 0 Å². The van der Waals surface area contributed by atoms with Gasteiger partial charge in [0.1, 0.15) is 19.3 Å². The highest BCUT2D eigenvalue weighted by molar-refractivity contribution is 7.47. The summed E-state index contributed by atoms with van der Waals surface area (Å²) in [6.07, 6.45) is 101. The molecule has 0 aliphatic rings. The fraction of sp³-hybridized carbons (Fsp3) is 0.634. The Morgan fingerprint density at radius 3 is 0.750 bits per heavy atom. The summed E-state index contributed by atoms with van der Waals surface area (Å²) in [5.74, 6) is -2.31. The van der Waals surface area contributed by atoms with Gasteiger partial charge in [-0.3, -0.25) is 37.3 Å². The average Bonchev–Trinajstić information content (AvgIpc) is 0.898. The highest BCUT2D eigenvalue weighted by Crippen LogP contribution is 2.45. The fourth-order valence-corrected chi connectivity index (χ4v) is 12.4. The van der Waals surface area contributed by atoms with Crippen LogP contribution in [0, 0.1) is 0 Å². The number of aliphatic hydroxyl groups is 1. The van der Waals surface area contributed by atoms with Crippen LogP contribution in [0.15, 0.2) is 182 Å². The van der Waals surface area contributed by atoms with Crippen LogP contribution in [0.4, 0.5) is 0 Å². The van der Waals surface area contributed by atoms with E-state index in [1.807, 2.05) is 12.2 Å². The van der Waals surface area contributed by atoms with Gasteiger partial charge in [0, 0.05) is 25.7 Å². The van der Waals surface area contributed by atoms with E-state index in [1.54, 1.807) is 0 Å². The largest absolute Gasteiger partial charge is 0.472 e. The van der Waals surface area contributed by atoms with E-state index in [-0.39, 0.29) is 25.7 Å². The topological polar surface area (TPSA) is 237 Å². The van der Waals surface area contributed by atoms with Gasteiger partial charge in [0.2, 0.25) is 0 Å². The maximum Gasteiger partial charge on any atom is 0.472 e. The second kappa shape index (κ2) is 83.1. The van der Waals surface area contributed by atoms with E-state index in [0.29, 0.717) is 32.1 Å². The molecule has 0 aliphatic heterocycles. The van der Waals surface area contributed by atoms with Crippen LogP contribution in [-0.4, -0.2) is 96.7 Å². The second-order valence-electron chi connectivity index (χ2n) is 28.0. The molecule has 112 heavy (non-hydrogen) atoms. The van der Waals surface area contributed by atoms with Gasteiger partial charge in [-0.1, -0.05) is 300 Å². The number of esters is 4. The minimum Gasteiger partial charge on any atom is -0.462 e. The lowest BCUT2D eigenvalue weighted by Crippen LogP contribution is -2.30. The van der Waals surface area contributed by atoms with Crippen LogP contribution in [0.1, 0.15) is 323 Å². The molecule has 0 rings (SSSR count). The predicted octanol–water partition coefficient (Wildman–Crippen LogP) is 25.9. The van der Waals surface area contributed by atoms with Crippen molar-refractivity contribution in [1.82, 2.24) is 0 Å². The molecule has 5 unspecified atom stereocenters. The maximum absolute atomic E-state index is 13.2. The summed E-state index contributed by atoms with van der Waals surface area (Å²) in [7, 11) is -10.0. The number of hydrogen-bond acceptors (Lipinski definition) is 15. The van der Waals surface area contributed by atoms with Gasteiger partial charge < -0.3 is 33.8 Å². The van der Waals surface area contributed by atoms with Gasteiger partial charge in [-0.25, -0.2) is 9.13 Å². The van der Waals surface area contributed by atoms with Gasteiger partial charge in [0.15, 0.2) is 12.2 Å². The van der Waals surface area contributed by atoms with Gasteiger partial charge in [0.05, 0.1) is 26.4 Å². The zero-order chi connectivity index (χ0) is 81.7. The van der Waals surface area contributed by atoms with Crippen molar-refractivity contribution < 1.29 is 80.2 Å². The molecule has 0 aromatic heterocycles. The molecule has 3 N–H and O–H groups in total. The van der Waals surface area contributed by atoms with Crippen LogP contribution < -0.4 is 0 Å². The summed E-state index contributed by atoms with van der Waals surface area (Å²) in [6.45, 7) is 4.48. The molecule has 0 saturated carbocycles. The number of allylic oxidation sites excluding steroid dienone is 30. The third-order valence-electron chi connectivity index (χ3n) is 17.3. The van der Waals surface area contributed by atoms with E-state index in [0.717, 1.165) is 199 Å². The number of ether oxygens (including phenoxy) is 4. The molecule has 0 heterocycles. The smallest absolute Gasteiger partial charge is 0.462 e. The van der Waals surface area contributed by atoms with Crippen molar-refractivity contribution in [3.05, 3.63) is 182 Å². The molecule has 19 heteroatoms. The third kappa shape index (κ3) is 82.2. The van der Waals surface area contributed by atoms with Crippen LogP contribution >= 0.6 is 15.6 Å². The fourth-order valence-electron chi connectivity index (χ4n) is 10.8. The number of phosphoric acid groups is 2. The number of aliphatic hydroxyl groups excluding tert-OH is 1. The monoisotopic (exact) mass is 1600 g/mol. The van der Waals surface area contributed by atoms with E-state index in [9.17, 15) is 43.2 Å². The molecule has 0 amide bonds. The molecular formula is C93H152O17P2. The van der Waals surface area contributed by atoms with E-state index in [4.69, 9.17) is 37.0 Å². The molecule has 5 atom stereocenters. The Morgan fingerprint density at radius 2 is 0.473 bits per heavy atom. The van der Waals surface area contributed by atoms with Crippen molar-refractivity contribution in [1.29, 1.82) is 0 Å². The number of carbonyl (C=O) groups is 4. The predicted molar refractivity (Wildman–Crippen MR) is 463 cm³/mol. The second-order valence-corrected chi connectivity index (χ2v) is 30.9. The molecule has 0 saturated heterocycles. The van der Waals surface area contributed by atoms with E-state index in [1.165, 1.54) is 38.5 Å². The first-order chi connectivity index (χ1) is 54.7. The Hall–Kier alpha value is -5.84. The van der Waals surface area contributed by atoms with Crippen molar-refractivity contribution in [2.24, 2.45) is 0 Å². The van der Waals surface area contributed by atoms with Crippen LogP contribution in [-0.2, 0) is 65.4 Å². The van der Waals surface area contributed by atoms with Crippen LogP contribution in [0.25, 0.3) is 0 Å². The van der Waals surface area contributed by atoms with Crippen LogP contribution in [0.2, 0.25) is 0 Å². The van der Waals surface area contributed by atoms with E-state index >= 15 is 0 Å². The third-order valence-corrected chi connectivity index (χ3v) is 19.2. The van der Waals surface area contributed by atoms with Crippen molar-refractivity contribution in [2.75, 3.05) is 39.6 Å². The van der Waals surface area contributed by atoms with Crippen molar-refractivity contribution >= 4 is 39.5 Å². The molecule has 0 aliphatic carbocycles. The molecule has 0 fully saturated rings. The first-order valence-electron chi connectivity index (χ1n) is 43.0. The maximum atomic E-state index is 13.2. The number of rotatable bonds is 79. The van der Waals surface area contributed by atoms with Crippen molar-refractivity contribution in [3.63, 3.8) is 0 Å². The first-order valence-corrected chi connectivity index (χ1v) is 46.0. The number of carbonyl (C=O) groups excluding carboxylic acids is 4. The molecule has 17 nitrogen and oxygen atoms in total. The summed E-state index contributed by atoms with van der Waals surface area (Å²) in [4.78, 5) is 73.3. The molecule has 0 spiro atoms. The SMILES string of the molecule is CC/C=C\C/C=C\C/C=C\C/C=C\C/C=C\CCCC(=O)OCC(COP(=O)(O)OCC(O)COP(=O)(O)OCC(COC(=O)CCCCCCCC/C=C\C/C=C\C/C=C\CCCCC)OC(=O)CCCCCCCC/C=C\C/C=C\C/C=C\CCCCC)OC(=O)CCCCCC/C=C\C/C=C\C/C=C\C/C=C\CC. The van der Waals surface area contributed by atoms with E-state index < -0.39 is 97.5 Å². The van der Waals surface area contributed by atoms with E-state index in [2.05, 4.69) is 198 Å². The summed E-state index contributed by atoms with van der Waals surface area (Å²) >= 11 is 0. The molecule has 636 valence electrons. The Kier molecular flexibility index (Phi) is 78.8. The molecule has 0 aromatic rings. The number of unbranched alkanes of at least 4 members (excludes halogenated alkanes) is 23. The standard InChI is InChI=1S/C93H152O17P2/c1-5-9-13-17-21-25-29-33-37-41-43-47-50-54-58-62-66-70-74-78-91(96)104-84-89(110-93(98)80-76-72-68-64-60-56-52-48-44-42-38-34-30-26-22-18-14-10-6-2)86-108-112(101,102)106-82-87(94)81-105-111(99,100)107-85-88(109-92(97)79-75-71-67-63-59-55-51-46-40-36-32-28-24-20-16-12-8-4)83-103-90(95)77-73-69-65-61-57-53-49-45-39-35-31-27-23-19-15-11-7-3/h11-12,15-16,21-28,33-40,43-44,47-49,51,53,55,61,65,87-89,94H,5-10,13-14,17-20,29-32,41-42,45-46,50,52,54,56-60,62-64,66-86H2,1-4H3,(H,99,100)(H,101,102)/b15-11-,16-12-,25-21-,26-22-,27-23-,28-24-,37-33-,38-34-,39-35-,40-36-,47-43-,48-44-,53-49-,55-51-,65-61-. The zero-order valence-electron chi connectivity index (χ0n) is 69.8. The summed E-state index contributed by atoms with van der Waals surface area (Å²) in [5.41, 5.74) is 0. The van der Waals surface area contributed by atoms with Crippen molar-refractivity contribution in [2.45, 2.75) is 341 Å². The summed E-state index contributed by atoms with van der Waals surface area (Å²) in [5, 5.41) is 10.7. The van der Waals surface area contributed by atoms with Crippen molar-refractivity contribution in [3.8, 4) is 0 Å². The minimum absolute atomic E-state index is 0.0474. The highest BCUT2D eigenvalue weighted by Gasteiger charge is 2.30. The average molecular weight is 1600 g/mol. The highest BCUT2D eigenvalue weighted by atomic mass is 31.2. The Morgan fingerprint density at radius 1 is 0.259 bits per heavy atom. The van der Waals surface area contributed by atoms with Gasteiger partial charge in [0.25, 0.3) is 0 Å². The first kappa shape index (κ1) is 106. The molecule has 0 bridgehead atoms. The summed E-state index contributed by atoms with van der Waals surface area (Å²) < 4.78 is 68.8. The van der Waals surface area contributed by atoms with Gasteiger partial charge >= 0.3 is 39.5 Å². The summed E-state index contributed by atoms with van der Waals surface area (Å²) in [6, 6.07) is 0. The molecular weight excluding hydrogens is 1450 g/mol. The Bertz CT molecular complexity index is 2840. The van der Waals surface area contributed by atoms with Gasteiger partial charge in [-0.05, 0) is 180 Å². The Labute approximate surface area is 679 Å². The zero-order valence-corrected chi connectivity index (χ0v) is 71.6. The number of phosphoric ester groups is 2. The lowest BCUT2D eigenvalue weighted by molar-refractivity contribution is -0.161. The van der Waals surface area contributed by atoms with Crippen LogP contribution in [0.5, 0.6) is 0 Å². The normalized spacial score (nSPS) is 14.7. The molecule has 0 radical (unpaired) electrons. The Balaban J connectivity index is 5.50. The lowest BCUT2D eigenvalue weighted by atomic mass is 10.1. The minimum atomic E-state index is -5.01. The lowest BCUT2D eigenvalue weighted by Gasteiger charge is -2.21. The van der Waals surface area contributed by atoms with Crippen LogP contribution in [0.3, 0.4) is 0 Å². The quantitative estimate of drug-likeness (QED) is 0.0169. The number of hydrogen-bond donors (Lipinski definition) is 3. The molecule has 0 aromatic carbocycles.